The first-order valence-electron chi connectivity index (χ1n) is 6.60. The summed E-state index contributed by atoms with van der Waals surface area (Å²) in [4.78, 5) is 22.1. The molecule has 0 saturated heterocycles. The number of amides is 1. The van der Waals surface area contributed by atoms with Gasteiger partial charge in [-0.05, 0) is 18.7 Å². The fraction of sp³-hybridized carbons (Fsp3) is 0.462. The zero-order chi connectivity index (χ0) is 15.4. The van der Waals surface area contributed by atoms with Crippen LogP contribution in [0.3, 0.4) is 0 Å². The first-order chi connectivity index (χ1) is 10.0. The fourth-order valence-electron chi connectivity index (χ4n) is 1.98. The van der Waals surface area contributed by atoms with Gasteiger partial charge in [-0.1, -0.05) is 6.92 Å². The quantitative estimate of drug-likeness (QED) is 0.619. The highest BCUT2D eigenvalue weighted by Gasteiger charge is 2.24. The Morgan fingerprint density at radius 1 is 1.57 bits per heavy atom. The largest absolute Gasteiger partial charge is 0.481 e. The maximum Gasteiger partial charge on any atom is 0.296 e. The van der Waals surface area contributed by atoms with Crippen LogP contribution in [-0.2, 0) is 4.79 Å². The number of hydrogen-bond acceptors (Lipinski definition) is 6. The third kappa shape index (κ3) is 3.78. The average Bonchev–Trinajstić information content (AvgIpc) is 2.44. The van der Waals surface area contributed by atoms with Gasteiger partial charge in [-0.3, -0.25) is 14.9 Å². The third-order valence-corrected chi connectivity index (χ3v) is 4.05. The number of fused-ring (bicyclic) bond motifs is 1. The number of carbonyl (C=O) groups is 1. The predicted octanol–water partition coefficient (Wildman–Crippen LogP) is 2.48. The normalized spacial score (nSPS) is 14.7. The lowest BCUT2D eigenvalue weighted by Gasteiger charge is -2.20. The minimum absolute atomic E-state index is 0.0572. The van der Waals surface area contributed by atoms with Crippen LogP contribution < -0.4 is 15.4 Å². The van der Waals surface area contributed by atoms with Gasteiger partial charge in [-0.15, -0.1) is 0 Å². The number of thioether (sulfide) groups is 1. The summed E-state index contributed by atoms with van der Waals surface area (Å²) in [5, 5.41) is 17.0. The number of nitro benzene ring substituents is 1. The number of ether oxygens (including phenoxy) is 1. The van der Waals surface area contributed by atoms with Crippen molar-refractivity contribution < 1.29 is 14.5 Å². The Kier molecular flexibility index (Phi) is 4.89. The second kappa shape index (κ2) is 6.66. The Bertz CT molecular complexity index is 565. The van der Waals surface area contributed by atoms with Crippen LogP contribution in [0.5, 0.6) is 5.75 Å². The molecule has 1 aliphatic rings. The molecular weight excluding hydrogens is 294 g/mol. The summed E-state index contributed by atoms with van der Waals surface area (Å²) in [6, 6.07) is 2.97. The van der Waals surface area contributed by atoms with Gasteiger partial charge in [0.25, 0.3) is 11.6 Å². The van der Waals surface area contributed by atoms with Gasteiger partial charge in [0.15, 0.2) is 12.4 Å². The summed E-state index contributed by atoms with van der Waals surface area (Å²) in [6.45, 7) is 3.90. The van der Waals surface area contributed by atoms with Crippen LogP contribution in [0.2, 0.25) is 0 Å². The molecule has 0 fully saturated rings. The second-order valence-electron chi connectivity index (χ2n) is 4.66. The van der Waals surface area contributed by atoms with Crippen molar-refractivity contribution in [2.75, 3.05) is 28.7 Å². The molecule has 114 valence electrons. The van der Waals surface area contributed by atoms with Crippen molar-refractivity contribution in [2.24, 2.45) is 0 Å². The summed E-state index contributed by atoms with van der Waals surface area (Å²) >= 11 is 1.75. The van der Waals surface area contributed by atoms with E-state index in [4.69, 9.17) is 4.74 Å². The van der Waals surface area contributed by atoms with Gasteiger partial charge >= 0.3 is 0 Å². The predicted molar refractivity (Wildman–Crippen MR) is 83.3 cm³/mol. The monoisotopic (exact) mass is 311 g/mol. The van der Waals surface area contributed by atoms with Crippen molar-refractivity contribution in [3.05, 3.63) is 22.2 Å². The Morgan fingerprint density at radius 3 is 3.00 bits per heavy atom. The lowest BCUT2D eigenvalue weighted by molar-refractivity contribution is -0.384. The number of rotatable bonds is 6. The van der Waals surface area contributed by atoms with Crippen molar-refractivity contribution in [1.29, 1.82) is 0 Å². The number of nitrogens with one attached hydrogen (secondary N) is 2. The molecule has 1 unspecified atom stereocenters. The third-order valence-electron chi connectivity index (χ3n) is 2.90. The van der Waals surface area contributed by atoms with Crippen molar-refractivity contribution in [3.8, 4) is 5.75 Å². The van der Waals surface area contributed by atoms with Gasteiger partial charge in [0.1, 0.15) is 5.69 Å². The molecule has 0 bridgehead atoms. The van der Waals surface area contributed by atoms with Crippen molar-refractivity contribution in [2.45, 2.75) is 19.9 Å². The van der Waals surface area contributed by atoms with Crippen LogP contribution in [0, 0.1) is 10.1 Å². The van der Waals surface area contributed by atoms with Gasteiger partial charge in [0.2, 0.25) is 0 Å². The number of nitrogens with zero attached hydrogens (tertiary/aromatic N) is 1. The minimum Gasteiger partial charge on any atom is -0.481 e. The lowest BCUT2D eigenvalue weighted by atomic mass is 10.2. The van der Waals surface area contributed by atoms with E-state index >= 15 is 0 Å². The molecule has 1 amide bonds. The average molecular weight is 311 g/mol. The van der Waals surface area contributed by atoms with E-state index in [9.17, 15) is 14.9 Å². The first-order valence-corrected chi connectivity index (χ1v) is 7.76. The lowest BCUT2D eigenvalue weighted by Crippen LogP contribution is -2.26. The molecule has 1 atom stereocenters. The summed E-state index contributed by atoms with van der Waals surface area (Å²) in [6.07, 6.45) is 0. The molecule has 0 radical (unpaired) electrons. The molecule has 8 heteroatoms. The molecule has 1 aromatic carbocycles. The zero-order valence-corrected chi connectivity index (χ0v) is 12.7. The van der Waals surface area contributed by atoms with E-state index in [0.29, 0.717) is 17.1 Å². The Balaban J connectivity index is 2.27. The molecule has 1 heterocycles. The molecule has 1 aliphatic heterocycles. The van der Waals surface area contributed by atoms with Crippen LogP contribution in [0.1, 0.15) is 13.8 Å². The molecular formula is C13H17N3O4S. The SMILES string of the molecule is CCSCC(C)Nc1cc2c(cc1[N+](=O)[O-])OCC(=O)N2. The smallest absolute Gasteiger partial charge is 0.296 e. The van der Waals surface area contributed by atoms with Crippen molar-refractivity contribution in [1.82, 2.24) is 0 Å². The molecule has 1 aromatic rings. The van der Waals surface area contributed by atoms with Crippen LogP contribution >= 0.6 is 11.8 Å². The molecule has 7 nitrogen and oxygen atoms in total. The molecule has 2 N–H and O–H groups in total. The molecule has 21 heavy (non-hydrogen) atoms. The van der Waals surface area contributed by atoms with E-state index in [2.05, 4.69) is 17.6 Å². The molecule has 0 saturated carbocycles. The van der Waals surface area contributed by atoms with Crippen molar-refractivity contribution in [3.63, 3.8) is 0 Å². The van der Waals surface area contributed by atoms with Gasteiger partial charge < -0.3 is 15.4 Å². The summed E-state index contributed by atoms with van der Waals surface area (Å²) in [5.74, 6) is 1.88. The van der Waals surface area contributed by atoms with Crippen molar-refractivity contribution >= 4 is 34.7 Å². The summed E-state index contributed by atoms with van der Waals surface area (Å²) in [7, 11) is 0. The Hall–Kier alpha value is -1.96. The Morgan fingerprint density at radius 2 is 2.33 bits per heavy atom. The second-order valence-corrected chi connectivity index (χ2v) is 5.98. The van der Waals surface area contributed by atoms with Crippen LogP contribution in [0.4, 0.5) is 17.1 Å². The highest BCUT2D eigenvalue weighted by Crippen LogP contribution is 2.38. The van der Waals surface area contributed by atoms with E-state index in [1.165, 1.54) is 6.07 Å². The molecule has 0 spiro atoms. The highest BCUT2D eigenvalue weighted by molar-refractivity contribution is 7.99. The van der Waals surface area contributed by atoms with Crippen LogP contribution in [-0.4, -0.2) is 35.0 Å². The molecule has 0 aromatic heterocycles. The van der Waals surface area contributed by atoms with Crippen LogP contribution in [0.15, 0.2) is 12.1 Å². The van der Waals surface area contributed by atoms with E-state index in [1.54, 1.807) is 17.8 Å². The van der Waals surface area contributed by atoms with E-state index in [1.807, 2.05) is 6.92 Å². The minimum atomic E-state index is -0.456. The number of carbonyl (C=O) groups excluding carboxylic acids is 1. The van der Waals surface area contributed by atoms with E-state index in [0.717, 1.165) is 11.5 Å². The molecule has 2 rings (SSSR count). The van der Waals surface area contributed by atoms with E-state index < -0.39 is 4.92 Å². The zero-order valence-electron chi connectivity index (χ0n) is 11.8. The number of anilines is 2. The van der Waals surface area contributed by atoms with Gasteiger partial charge in [-0.25, -0.2) is 0 Å². The maximum absolute atomic E-state index is 11.3. The maximum atomic E-state index is 11.3. The number of hydrogen-bond donors (Lipinski definition) is 2. The first kappa shape index (κ1) is 15.4. The summed E-state index contributed by atoms with van der Waals surface area (Å²) in [5.41, 5.74) is 0.779. The van der Waals surface area contributed by atoms with Gasteiger partial charge in [0.05, 0.1) is 16.7 Å². The van der Waals surface area contributed by atoms with Crippen LogP contribution in [0.25, 0.3) is 0 Å². The summed E-state index contributed by atoms with van der Waals surface area (Å²) < 4.78 is 5.20. The van der Waals surface area contributed by atoms with Gasteiger partial charge in [0, 0.05) is 11.8 Å². The topological polar surface area (TPSA) is 93.5 Å². The fourth-order valence-corrected chi connectivity index (χ4v) is 2.66. The standard InChI is InChI=1S/C13H17N3O4S/c1-3-21-7-8(2)14-9-4-10-12(5-11(9)16(18)19)20-6-13(17)15-10/h4-5,8,14H,3,6-7H2,1-2H3,(H,15,17). The number of nitro groups is 1. The molecule has 0 aliphatic carbocycles. The number of benzene rings is 1. The van der Waals surface area contributed by atoms with E-state index in [-0.39, 0.29) is 24.2 Å². The highest BCUT2D eigenvalue weighted by atomic mass is 32.2. The van der Waals surface area contributed by atoms with Gasteiger partial charge in [-0.2, -0.15) is 11.8 Å². The Labute approximate surface area is 126 Å².